The summed E-state index contributed by atoms with van der Waals surface area (Å²) in [5, 5.41) is 19.5. The van der Waals surface area contributed by atoms with Crippen LogP contribution in [-0.2, 0) is 26.5 Å². The number of hydrogen-bond acceptors (Lipinski definition) is 7. The molecule has 2 amide bonds. The van der Waals surface area contributed by atoms with E-state index in [4.69, 9.17) is 0 Å². The second-order valence-electron chi connectivity index (χ2n) is 8.89. The number of amides is 2. The molecular weight excluding hydrogens is 531 g/mol. The molecule has 1 heterocycles. The lowest BCUT2D eigenvalue weighted by Crippen LogP contribution is -2.52. The molecule has 0 spiro atoms. The first kappa shape index (κ1) is 28.8. The Morgan fingerprint density at radius 3 is 2.32 bits per heavy atom. The summed E-state index contributed by atoms with van der Waals surface area (Å²) in [6.07, 6.45) is 2.42. The molecule has 38 heavy (non-hydrogen) atoms. The number of rotatable bonds is 9. The van der Waals surface area contributed by atoms with Crippen LogP contribution in [-0.4, -0.2) is 39.2 Å². The maximum absolute atomic E-state index is 14.0. The molecule has 0 bridgehead atoms. The fraction of sp³-hybridized carbons (Fsp3) is 0.346. The van der Waals surface area contributed by atoms with Crippen molar-refractivity contribution in [1.29, 1.82) is 10.5 Å². The highest BCUT2D eigenvalue weighted by Crippen LogP contribution is 2.43. The van der Waals surface area contributed by atoms with Crippen molar-refractivity contribution < 1.29 is 26.0 Å². The molecule has 1 atom stereocenters. The van der Waals surface area contributed by atoms with Gasteiger partial charge in [-0.3, -0.25) is 4.90 Å². The number of sulfone groups is 1. The van der Waals surface area contributed by atoms with Crippen molar-refractivity contribution in [2.45, 2.75) is 50.7 Å². The van der Waals surface area contributed by atoms with Crippen molar-refractivity contribution in [3.63, 3.8) is 0 Å². The minimum absolute atomic E-state index is 0.0116. The standard InChI is InChI=1S/C26H27FN4O5S2/c1-4-5-6-12-38(35,36)31-25(22-11-10-20(16-28)14-24(22)37(3,33)34)23(17-29)18(2)30(26(31)32)21-9-7-8-19(13-21)15-27/h7-11,13-14,25H,4-6,12,15H2,1-3H3/t25-/m1/s1. The molecule has 2 aromatic rings. The van der Waals surface area contributed by atoms with Gasteiger partial charge in [0.2, 0.25) is 10.0 Å². The van der Waals surface area contributed by atoms with Crippen LogP contribution >= 0.6 is 0 Å². The van der Waals surface area contributed by atoms with Crippen LogP contribution in [0.5, 0.6) is 0 Å². The van der Waals surface area contributed by atoms with Gasteiger partial charge >= 0.3 is 6.03 Å². The van der Waals surface area contributed by atoms with Crippen LogP contribution in [0, 0.1) is 22.7 Å². The van der Waals surface area contributed by atoms with Crippen LogP contribution in [0.25, 0.3) is 0 Å². The number of unbranched alkanes of at least 4 members (excludes halogenated alkanes) is 2. The topological polar surface area (TPSA) is 139 Å². The van der Waals surface area contributed by atoms with Crippen molar-refractivity contribution in [2.75, 3.05) is 16.9 Å². The van der Waals surface area contributed by atoms with Gasteiger partial charge < -0.3 is 0 Å². The molecule has 0 fully saturated rings. The van der Waals surface area contributed by atoms with Gasteiger partial charge in [0.25, 0.3) is 0 Å². The van der Waals surface area contributed by atoms with Crippen LogP contribution in [0.15, 0.2) is 58.6 Å². The van der Waals surface area contributed by atoms with Crippen LogP contribution in [0.1, 0.15) is 55.8 Å². The summed E-state index contributed by atoms with van der Waals surface area (Å²) in [5.41, 5.74) is 0.189. The maximum Gasteiger partial charge on any atom is 0.343 e. The van der Waals surface area contributed by atoms with E-state index in [2.05, 4.69) is 0 Å². The van der Waals surface area contributed by atoms with Crippen LogP contribution in [0.4, 0.5) is 14.9 Å². The number of benzene rings is 2. The van der Waals surface area contributed by atoms with E-state index in [9.17, 15) is 36.5 Å². The van der Waals surface area contributed by atoms with Crippen LogP contribution in [0.3, 0.4) is 0 Å². The fourth-order valence-electron chi connectivity index (χ4n) is 4.36. The maximum atomic E-state index is 14.0. The Balaban J connectivity index is 2.39. The normalized spacial score (nSPS) is 16.4. The SMILES string of the molecule is CCCCCS(=O)(=O)N1C(=O)N(c2cccc(CF)c2)C(C)=C(C#N)[C@H]1c1ccc(C#N)cc1S(C)(=O)=O. The average Bonchev–Trinajstić information content (AvgIpc) is 2.87. The van der Waals surface area contributed by atoms with E-state index in [0.29, 0.717) is 17.1 Å². The monoisotopic (exact) mass is 558 g/mol. The fourth-order valence-corrected chi connectivity index (χ4v) is 6.93. The lowest BCUT2D eigenvalue weighted by atomic mass is 9.94. The summed E-state index contributed by atoms with van der Waals surface area (Å²) in [7, 11) is -8.40. The third-order valence-electron chi connectivity index (χ3n) is 6.20. The Morgan fingerprint density at radius 1 is 1.03 bits per heavy atom. The molecule has 1 aliphatic heterocycles. The Labute approximate surface area is 222 Å². The Morgan fingerprint density at radius 2 is 1.74 bits per heavy atom. The van der Waals surface area contributed by atoms with Gasteiger partial charge in [0.15, 0.2) is 9.84 Å². The van der Waals surface area contributed by atoms with E-state index in [0.717, 1.165) is 17.2 Å². The summed E-state index contributed by atoms with van der Waals surface area (Å²) in [4.78, 5) is 14.6. The van der Waals surface area contributed by atoms with E-state index in [1.54, 1.807) is 0 Å². The van der Waals surface area contributed by atoms with Gasteiger partial charge in [-0.25, -0.2) is 30.3 Å². The largest absolute Gasteiger partial charge is 0.343 e. The quantitative estimate of drug-likeness (QED) is 0.405. The molecule has 9 nitrogen and oxygen atoms in total. The summed E-state index contributed by atoms with van der Waals surface area (Å²) in [6.45, 7) is 2.50. The van der Waals surface area contributed by atoms with Crippen molar-refractivity contribution in [1.82, 2.24) is 4.31 Å². The van der Waals surface area contributed by atoms with Crippen LogP contribution < -0.4 is 4.90 Å². The predicted octanol–water partition coefficient (Wildman–Crippen LogP) is 4.73. The number of anilines is 1. The summed E-state index contributed by atoms with van der Waals surface area (Å²) >= 11 is 0. The molecule has 0 saturated heterocycles. The predicted molar refractivity (Wildman–Crippen MR) is 140 cm³/mol. The zero-order chi connectivity index (χ0) is 28.3. The first-order valence-corrected chi connectivity index (χ1v) is 15.3. The molecule has 3 rings (SSSR count). The minimum Gasteiger partial charge on any atom is -0.265 e. The molecule has 0 radical (unpaired) electrons. The number of carbonyl (C=O) groups is 1. The molecule has 0 unspecified atom stereocenters. The molecule has 200 valence electrons. The molecule has 0 N–H and O–H groups in total. The summed E-state index contributed by atoms with van der Waals surface area (Å²) < 4.78 is 66.8. The van der Waals surface area contributed by atoms with Crippen molar-refractivity contribution in [3.05, 3.63) is 70.4 Å². The minimum atomic E-state index is -4.38. The number of urea groups is 1. The van der Waals surface area contributed by atoms with Gasteiger partial charge in [-0.05, 0) is 48.7 Å². The lowest BCUT2D eigenvalue weighted by molar-refractivity contribution is 0.220. The van der Waals surface area contributed by atoms with Crippen molar-refractivity contribution >= 4 is 31.6 Å². The number of halogens is 1. The summed E-state index contributed by atoms with van der Waals surface area (Å²) in [6, 6.07) is 10.7. The van der Waals surface area contributed by atoms with Gasteiger partial charge in [-0.1, -0.05) is 38.0 Å². The smallest absolute Gasteiger partial charge is 0.265 e. The van der Waals surface area contributed by atoms with E-state index < -0.39 is 44.4 Å². The van der Waals surface area contributed by atoms with E-state index >= 15 is 0 Å². The zero-order valence-corrected chi connectivity index (χ0v) is 22.8. The van der Waals surface area contributed by atoms with Gasteiger partial charge in [0, 0.05) is 12.0 Å². The Bertz CT molecular complexity index is 1590. The number of hydrogen-bond donors (Lipinski definition) is 0. The highest BCUT2D eigenvalue weighted by Gasteiger charge is 2.47. The molecule has 0 aliphatic carbocycles. The average molecular weight is 559 g/mol. The van der Waals surface area contributed by atoms with E-state index in [1.807, 2.05) is 19.1 Å². The molecule has 1 aliphatic rings. The zero-order valence-electron chi connectivity index (χ0n) is 21.2. The second kappa shape index (κ2) is 11.3. The van der Waals surface area contributed by atoms with Gasteiger partial charge in [-0.15, -0.1) is 0 Å². The van der Waals surface area contributed by atoms with Gasteiger partial charge in [0.1, 0.15) is 12.7 Å². The first-order chi connectivity index (χ1) is 17.9. The first-order valence-electron chi connectivity index (χ1n) is 11.8. The highest BCUT2D eigenvalue weighted by atomic mass is 32.2. The van der Waals surface area contributed by atoms with Gasteiger partial charge in [0.05, 0.1) is 39.6 Å². The van der Waals surface area contributed by atoms with Gasteiger partial charge in [-0.2, -0.15) is 10.5 Å². The molecule has 12 heteroatoms. The Hall–Kier alpha value is -3.74. The van der Waals surface area contributed by atoms with E-state index in [1.165, 1.54) is 43.3 Å². The third-order valence-corrected chi connectivity index (χ3v) is 9.12. The lowest BCUT2D eigenvalue weighted by Gasteiger charge is -2.41. The molecule has 2 aromatic carbocycles. The van der Waals surface area contributed by atoms with Crippen LogP contribution in [0.2, 0.25) is 0 Å². The number of allylic oxidation sites excluding steroid dienone is 1. The molecule has 0 aromatic heterocycles. The Kier molecular flexibility index (Phi) is 8.60. The number of nitriles is 2. The second-order valence-corrected chi connectivity index (χ2v) is 12.8. The molecular formula is C26H27FN4O5S2. The summed E-state index contributed by atoms with van der Waals surface area (Å²) in [5.74, 6) is -0.413. The number of carbonyl (C=O) groups excluding carboxylic acids is 1. The highest BCUT2D eigenvalue weighted by molar-refractivity contribution is 7.90. The van der Waals surface area contributed by atoms with E-state index in [-0.39, 0.29) is 45.0 Å². The van der Waals surface area contributed by atoms with Crippen molar-refractivity contribution in [3.8, 4) is 12.1 Å². The third kappa shape index (κ3) is 5.57. The number of sulfonamides is 1. The molecule has 0 saturated carbocycles. The van der Waals surface area contributed by atoms with Crippen molar-refractivity contribution in [2.24, 2.45) is 0 Å². The number of nitrogens with zero attached hydrogens (tertiary/aromatic N) is 4. The number of alkyl halides is 1.